The van der Waals surface area contributed by atoms with E-state index in [2.05, 4.69) is 20.3 Å². The fourth-order valence-corrected chi connectivity index (χ4v) is 3.00. The number of rotatable bonds is 8. The number of imidazole rings is 1. The van der Waals surface area contributed by atoms with E-state index in [0.717, 1.165) is 0 Å². The van der Waals surface area contributed by atoms with Gasteiger partial charge in [-0.05, 0) is 19.4 Å². The van der Waals surface area contributed by atoms with Crippen molar-refractivity contribution in [2.45, 2.75) is 43.4 Å². The van der Waals surface area contributed by atoms with E-state index >= 15 is 0 Å². The first-order valence-electron chi connectivity index (χ1n) is 8.54. The maximum atomic E-state index is 10.7. The second kappa shape index (κ2) is 8.10. The molecule has 2 aromatic rings. The van der Waals surface area contributed by atoms with E-state index in [0.29, 0.717) is 30.6 Å². The summed E-state index contributed by atoms with van der Waals surface area (Å²) >= 11 is 0. The largest absolute Gasteiger partial charge is 0.480 e. The molecule has 148 valence electrons. The molecule has 0 saturated carbocycles. The van der Waals surface area contributed by atoms with Gasteiger partial charge in [0.25, 0.3) is 0 Å². The molecular weight excluding hydrogens is 358 g/mol. The Morgan fingerprint density at radius 2 is 2.11 bits per heavy atom. The molecule has 0 radical (unpaired) electrons. The number of aliphatic carboxylic acids is 1. The lowest BCUT2D eigenvalue weighted by Gasteiger charge is -2.16. The molecule has 3 heterocycles. The van der Waals surface area contributed by atoms with Crippen LogP contribution in [-0.4, -0.2) is 78.3 Å². The lowest BCUT2D eigenvalue weighted by Crippen LogP contribution is -2.38. The highest BCUT2D eigenvalue weighted by atomic mass is 16.6. The molecule has 12 heteroatoms. The summed E-state index contributed by atoms with van der Waals surface area (Å²) in [5, 5.41) is 32.4. The van der Waals surface area contributed by atoms with Crippen LogP contribution in [0.1, 0.15) is 19.1 Å². The van der Waals surface area contributed by atoms with Crippen molar-refractivity contribution in [3.8, 4) is 0 Å². The highest BCUT2D eigenvalue weighted by Gasteiger charge is 2.44. The quantitative estimate of drug-likeness (QED) is 0.272. The number of aliphatic hydroxyl groups excluding tert-OH is 2. The average Bonchev–Trinajstić information content (AvgIpc) is 3.18. The van der Waals surface area contributed by atoms with Crippen molar-refractivity contribution < 1.29 is 24.9 Å². The minimum atomic E-state index is -1.18. The van der Waals surface area contributed by atoms with Gasteiger partial charge in [-0.2, -0.15) is 0 Å². The fourth-order valence-electron chi connectivity index (χ4n) is 3.00. The Balaban J connectivity index is 1.57. The zero-order chi connectivity index (χ0) is 19.6. The second-order valence-corrected chi connectivity index (χ2v) is 6.42. The first-order valence-corrected chi connectivity index (χ1v) is 8.54. The molecule has 1 saturated heterocycles. The molecule has 5 atom stereocenters. The summed E-state index contributed by atoms with van der Waals surface area (Å²) in [5.41, 5.74) is 12.0. The molecule has 2 aromatic heterocycles. The first kappa shape index (κ1) is 19.4. The van der Waals surface area contributed by atoms with Crippen LogP contribution in [-0.2, 0) is 9.53 Å². The van der Waals surface area contributed by atoms with Gasteiger partial charge in [0.1, 0.15) is 36.2 Å². The molecule has 8 N–H and O–H groups in total. The molecular formula is C15H23N7O5. The third-order valence-electron chi connectivity index (χ3n) is 4.53. The molecule has 1 aliphatic rings. The highest BCUT2D eigenvalue weighted by Crippen LogP contribution is 2.31. The molecule has 3 rings (SSSR count). The van der Waals surface area contributed by atoms with Gasteiger partial charge in [0.2, 0.25) is 0 Å². The molecule has 27 heavy (non-hydrogen) atoms. The van der Waals surface area contributed by atoms with Crippen molar-refractivity contribution in [1.29, 1.82) is 0 Å². The number of aliphatic hydroxyl groups is 2. The standard InChI is InChI=1S/C15H23N7O5/c16-7(15(25)26)2-1-3-18-4-8-10(23)11(24)14(27-8)22-6-21-9-12(17)19-5-20-13(9)22/h5-8,10-11,14,18,23-24H,1-4,16H2,(H,25,26)(H2,17,19,20)/t7?,8-,10+,11-,14-/m1/s1. The number of carbonyl (C=O) groups is 1. The van der Waals surface area contributed by atoms with Crippen molar-refractivity contribution in [2.24, 2.45) is 5.73 Å². The summed E-state index contributed by atoms with van der Waals surface area (Å²) in [5.74, 6) is -0.822. The van der Waals surface area contributed by atoms with Gasteiger partial charge in [-0.15, -0.1) is 0 Å². The van der Waals surface area contributed by atoms with Crippen molar-refractivity contribution >= 4 is 23.0 Å². The fraction of sp³-hybridized carbons (Fsp3) is 0.600. The monoisotopic (exact) mass is 381 g/mol. The van der Waals surface area contributed by atoms with E-state index in [1.807, 2.05) is 0 Å². The summed E-state index contributed by atoms with van der Waals surface area (Å²) in [6.45, 7) is 0.785. The normalized spacial score (nSPS) is 26.5. The van der Waals surface area contributed by atoms with Crippen LogP contribution in [0.5, 0.6) is 0 Å². The summed E-state index contributed by atoms with van der Waals surface area (Å²) in [7, 11) is 0. The molecule has 1 unspecified atom stereocenters. The third-order valence-corrected chi connectivity index (χ3v) is 4.53. The Morgan fingerprint density at radius 1 is 1.33 bits per heavy atom. The van der Waals surface area contributed by atoms with Gasteiger partial charge in [0.05, 0.1) is 6.33 Å². The van der Waals surface area contributed by atoms with Crippen molar-refractivity contribution in [3.63, 3.8) is 0 Å². The van der Waals surface area contributed by atoms with Crippen LogP contribution < -0.4 is 16.8 Å². The van der Waals surface area contributed by atoms with Gasteiger partial charge in [-0.25, -0.2) is 15.0 Å². The van der Waals surface area contributed by atoms with Gasteiger partial charge in [0, 0.05) is 6.54 Å². The number of nitrogens with two attached hydrogens (primary N) is 2. The number of carboxylic acids is 1. The van der Waals surface area contributed by atoms with Crippen molar-refractivity contribution in [1.82, 2.24) is 24.8 Å². The van der Waals surface area contributed by atoms with Crippen LogP contribution in [0.15, 0.2) is 12.7 Å². The number of nitrogens with one attached hydrogen (secondary N) is 1. The van der Waals surface area contributed by atoms with Gasteiger partial charge in [0.15, 0.2) is 17.7 Å². The van der Waals surface area contributed by atoms with Gasteiger partial charge >= 0.3 is 5.97 Å². The van der Waals surface area contributed by atoms with E-state index in [-0.39, 0.29) is 12.4 Å². The Hall–Kier alpha value is -2.38. The average molecular weight is 381 g/mol. The lowest BCUT2D eigenvalue weighted by molar-refractivity contribution is -0.138. The van der Waals surface area contributed by atoms with Crippen molar-refractivity contribution in [3.05, 3.63) is 12.7 Å². The molecule has 1 aliphatic heterocycles. The van der Waals surface area contributed by atoms with Crippen molar-refractivity contribution in [2.75, 3.05) is 18.8 Å². The summed E-state index contributed by atoms with van der Waals surface area (Å²) in [4.78, 5) is 22.8. The lowest BCUT2D eigenvalue weighted by atomic mass is 10.1. The zero-order valence-electron chi connectivity index (χ0n) is 14.5. The SMILES string of the molecule is Nc1ncnc2c1ncn2[C@@H]1O[C@H](CNCCCC(N)C(=O)O)[C@H](O)[C@H]1O. The topological polar surface area (TPSA) is 195 Å². The number of anilines is 1. The number of carboxylic acid groups (broad SMARTS) is 1. The number of ether oxygens (including phenoxy) is 1. The zero-order valence-corrected chi connectivity index (χ0v) is 14.5. The number of nitrogens with zero attached hydrogens (tertiary/aromatic N) is 4. The molecule has 0 aliphatic carbocycles. The second-order valence-electron chi connectivity index (χ2n) is 6.42. The van der Waals surface area contributed by atoms with E-state index in [1.54, 1.807) is 0 Å². The van der Waals surface area contributed by atoms with Crippen LogP contribution in [0, 0.1) is 0 Å². The Bertz CT molecular complexity index is 800. The van der Waals surface area contributed by atoms with E-state index in [1.165, 1.54) is 17.2 Å². The van der Waals surface area contributed by atoms with Crippen LogP contribution in [0.2, 0.25) is 0 Å². The van der Waals surface area contributed by atoms with Crippen LogP contribution in [0.4, 0.5) is 5.82 Å². The predicted octanol–water partition coefficient (Wildman–Crippen LogP) is -2.19. The number of hydrogen-bond donors (Lipinski definition) is 6. The van der Waals surface area contributed by atoms with E-state index < -0.39 is 36.6 Å². The first-order chi connectivity index (χ1) is 12.9. The number of nitrogen functional groups attached to an aromatic ring is 1. The van der Waals surface area contributed by atoms with Gasteiger partial charge < -0.3 is 36.8 Å². The smallest absolute Gasteiger partial charge is 0.320 e. The minimum Gasteiger partial charge on any atom is -0.480 e. The number of hydrogen-bond acceptors (Lipinski definition) is 10. The summed E-state index contributed by atoms with van der Waals surface area (Å²) in [6.07, 6.45) is -0.199. The summed E-state index contributed by atoms with van der Waals surface area (Å²) < 4.78 is 7.29. The third kappa shape index (κ3) is 3.99. The molecule has 1 fully saturated rings. The number of fused-ring (bicyclic) bond motifs is 1. The molecule has 0 amide bonds. The van der Waals surface area contributed by atoms with Crippen LogP contribution >= 0.6 is 0 Å². The van der Waals surface area contributed by atoms with E-state index in [9.17, 15) is 15.0 Å². The van der Waals surface area contributed by atoms with Crippen LogP contribution in [0.3, 0.4) is 0 Å². The van der Waals surface area contributed by atoms with Gasteiger partial charge in [-0.1, -0.05) is 0 Å². The molecule has 0 spiro atoms. The highest BCUT2D eigenvalue weighted by molar-refractivity contribution is 5.81. The Kier molecular flexibility index (Phi) is 5.82. The Morgan fingerprint density at radius 3 is 2.85 bits per heavy atom. The maximum absolute atomic E-state index is 10.7. The predicted molar refractivity (Wildman–Crippen MR) is 93.4 cm³/mol. The molecule has 12 nitrogen and oxygen atoms in total. The maximum Gasteiger partial charge on any atom is 0.320 e. The molecule has 0 aromatic carbocycles. The van der Waals surface area contributed by atoms with Gasteiger partial charge in [-0.3, -0.25) is 9.36 Å². The summed E-state index contributed by atoms with van der Waals surface area (Å²) in [6, 6.07) is -0.893. The number of aromatic nitrogens is 4. The Labute approximate surface area is 154 Å². The van der Waals surface area contributed by atoms with E-state index in [4.69, 9.17) is 21.3 Å². The molecule has 0 bridgehead atoms. The van der Waals surface area contributed by atoms with Crippen LogP contribution in [0.25, 0.3) is 11.2 Å². The minimum absolute atomic E-state index is 0.213.